The van der Waals surface area contributed by atoms with Gasteiger partial charge in [-0.1, -0.05) is 154 Å². The molecule has 2 aliphatic heterocycles. The molecule has 0 saturated heterocycles. The summed E-state index contributed by atoms with van der Waals surface area (Å²) in [6, 6.07) is 30.4. The van der Waals surface area contributed by atoms with Crippen molar-refractivity contribution in [3.63, 3.8) is 0 Å². The third kappa shape index (κ3) is 6.47. The van der Waals surface area contributed by atoms with Crippen LogP contribution < -0.4 is 26.2 Å². The molecule has 4 aliphatic rings. The van der Waals surface area contributed by atoms with Crippen molar-refractivity contribution in [2.45, 2.75) is 189 Å². The van der Waals surface area contributed by atoms with Gasteiger partial charge in [0.15, 0.2) is 0 Å². The molecule has 0 N–H and O–H groups in total. The SMILES string of the molecule is Cc1cc(C(C)(C)C)ccc1N1c2ccc(C(C)(C)C)cc2B2c3cc4c(cc3N(c3cc5c(cc3C)C(C)(C)CCC5(C)C)c3cc(C(C)(C)C)cc1c32)C(C)(C)CC4(C)C. The second-order valence-corrected chi connectivity index (χ2v) is 25.9. The number of hydrogen-bond acceptors (Lipinski definition) is 2. The van der Waals surface area contributed by atoms with Gasteiger partial charge in [-0.3, -0.25) is 0 Å². The van der Waals surface area contributed by atoms with E-state index in [4.69, 9.17) is 0 Å². The molecule has 0 unspecified atom stereocenters. The minimum absolute atomic E-state index is 0.00234. The fourth-order valence-corrected chi connectivity index (χ4v) is 12.2. The molecule has 9 rings (SSSR count). The molecule has 2 heterocycles. The molecule has 5 aromatic rings. The lowest BCUT2D eigenvalue weighted by atomic mass is 9.33. The summed E-state index contributed by atoms with van der Waals surface area (Å²) < 4.78 is 0. The zero-order valence-electron chi connectivity index (χ0n) is 42.0. The number of rotatable bonds is 2. The van der Waals surface area contributed by atoms with Crippen molar-refractivity contribution >= 4 is 57.2 Å². The molecule has 5 aromatic carbocycles. The minimum atomic E-state index is -0.0823. The monoisotopic (exact) mass is 823 g/mol. The Kier molecular flexibility index (Phi) is 9.14. The fraction of sp³-hybridized carbons (Fsp3) is 0.492. The molecule has 0 bridgehead atoms. The van der Waals surface area contributed by atoms with E-state index < -0.39 is 0 Å². The first kappa shape index (κ1) is 43.0. The van der Waals surface area contributed by atoms with Crippen molar-refractivity contribution < 1.29 is 0 Å². The van der Waals surface area contributed by atoms with Gasteiger partial charge in [0, 0.05) is 34.1 Å². The Morgan fingerprint density at radius 1 is 0.403 bits per heavy atom. The van der Waals surface area contributed by atoms with Crippen molar-refractivity contribution in [2.24, 2.45) is 0 Å². The molecule has 3 heteroatoms. The van der Waals surface area contributed by atoms with E-state index in [9.17, 15) is 0 Å². The number of nitrogens with zero attached hydrogens (tertiary/aromatic N) is 2. The number of hydrogen-bond donors (Lipinski definition) is 0. The summed E-state index contributed by atoms with van der Waals surface area (Å²) >= 11 is 0. The van der Waals surface area contributed by atoms with Gasteiger partial charge in [0.1, 0.15) is 0 Å². The van der Waals surface area contributed by atoms with Crippen LogP contribution in [-0.2, 0) is 37.9 Å². The van der Waals surface area contributed by atoms with E-state index in [1.807, 2.05) is 0 Å². The second-order valence-electron chi connectivity index (χ2n) is 25.9. The summed E-state index contributed by atoms with van der Waals surface area (Å²) in [7, 11) is 0. The summed E-state index contributed by atoms with van der Waals surface area (Å²) in [6.45, 7) is 45.9. The zero-order chi connectivity index (χ0) is 45.2. The van der Waals surface area contributed by atoms with Gasteiger partial charge in [-0.2, -0.15) is 0 Å². The Labute approximate surface area is 377 Å². The molecule has 0 spiro atoms. The van der Waals surface area contributed by atoms with Crippen LogP contribution in [0.2, 0.25) is 0 Å². The van der Waals surface area contributed by atoms with Gasteiger partial charge >= 0.3 is 0 Å². The largest absolute Gasteiger partial charge is 0.311 e. The van der Waals surface area contributed by atoms with E-state index in [1.165, 1.54) is 113 Å². The zero-order valence-corrected chi connectivity index (χ0v) is 42.0. The Morgan fingerprint density at radius 2 is 0.823 bits per heavy atom. The fourth-order valence-electron chi connectivity index (χ4n) is 12.2. The van der Waals surface area contributed by atoms with Crippen LogP contribution in [0, 0.1) is 13.8 Å². The average Bonchev–Trinajstić information content (AvgIpc) is 3.33. The van der Waals surface area contributed by atoms with Crippen LogP contribution in [0.4, 0.5) is 34.1 Å². The average molecular weight is 823 g/mol. The molecule has 2 aliphatic carbocycles. The summed E-state index contributed by atoms with van der Waals surface area (Å²) in [5.74, 6) is 0. The topological polar surface area (TPSA) is 6.48 Å². The maximum atomic E-state index is 2.75. The van der Waals surface area contributed by atoms with E-state index in [2.05, 4.69) is 214 Å². The van der Waals surface area contributed by atoms with Gasteiger partial charge in [0.25, 0.3) is 6.71 Å². The van der Waals surface area contributed by atoms with E-state index in [0.29, 0.717) is 0 Å². The first-order valence-corrected chi connectivity index (χ1v) is 23.8. The molecule has 0 amide bonds. The van der Waals surface area contributed by atoms with Gasteiger partial charge < -0.3 is 9.80 Å². The first-order chi connectivity index (χ1) is 28.4. The maximum absolute atomic E-state index is 2.75. The van der Waals surface area contributed by atoms with Crippen molar-refractivity contribution in [2.75, 3.05) is 9.80 Å². The standard InChI is InChI=1S/C59H75BN2/c1-35-26-37(53(3,4)5)20-22-46(35)61-47-23-21-38(54(6,7)8)28-44(47)60-45-31-41-43(59(18,19)34-58(41,16)17)33-49(45)62(51-30-39(55(9,10)11)29-50(61)52(51)60)48-32-42-40(27-36(48)2)56(12,13)24-25-57(42,14)15/h20-23,26-33H,24-25,34H2,1-19H3. The second kappa shape index (κ2) is 13.2. The highest BCUT2D eigenvalue weighted by Gasteiger charge is 2.49. The van der Waals surface area contributed by atoms with Crippen LogP contribution in [0.3, 0.4) is 0 Å². The van der Waals surface area contributed by atoms with Gasteiger partial charge in [0.05, 0.1) is 0 Å². The Morgan fingerprint density at radius 3 is 1.35 bits per heavy atom. The van der Waals surface area contributed by atoms with Crippen LogP contribution in [0.15, 0.2) is 72.8 Å². The normalized spacial score (nSPS) is 19.1. The third-order valence-corrected chi connectivity index (χ3v) is 16.0. The van der Waals surface area contributed by atoms with E-state index in [0.717, 1.165) is 6.42 Å². The van der Waals surface area contributed by atoms with E-state index in [-0.39, 0.29) is 44.6 Å². The van der Waals surface area contributed by atoms with Crippen molar-refractivity contribution in [1.82, 2.24) is 0 Å². The van der Waals surface area contributed by atoms with Crippen molar-refractivity contribution in [1.29, 1.82) is 0 Å². The molecule has 0 fully saturated rings. The van der Waals surface area contributed by atoms with Crippen molar-refractivity contribution in [3.8, 4) is 0 Å². The molecule has 2 nitrogen and oxygen atoms in total. The Bertz CT molecular complexity index is 2700. The lowest BCUT2D eigenvalue weighted by molar-refractivity contribution is 0.332. The molecule has 62 heavy (non-hydrogen) atoms. The third-order valence-electron chi connectivity index (χ3n) is 16.0. The predicted molar refractivity (Wildman–Crippen MR) is 272 cm³/mol. The smallest absolute Gasteiger partial charge is 0.252 e. The van der Waals surface area contributed by atoms with Crippen LogP contribution in [0.1, 0.15) is 187 Å². The van der Waals surface area contributed by atoms with E-state index in [1.54, 1.807) is 0 Å². The highest BCUT2D eigenvalue weighted by molar-refractivity contribution is 7.00. The molecular formula is C59H75BN2. The molecule has 0 atom stereocenters. The highest BCUT2D eigenvalue weighted by atomic mass is 15.2. The summed E-state index contributed by atoms with van der Waals surface area (Å²) in [6.07, 6.45) is 3.54. The van der Waals surface area contributed by atoms with Crippen LogP contribution in [-0.4, -0.2) is 6.71 Å². The Hall–Kier alpha value is -4.24. The molecule has 324 valence electrons. The number of benzene rings is 5. The van der Waals surface area contributed by atoms with E-state index >= 15 is 0 Å². The van der Waals surface area contributed by atoms with Gasteiger partial charge in [-0.05, 0) is 174 Å². The quantitative estimate of drug-likeness (QED) is 0.160. The molecule has 0 aromatic heterocycles. The minimum Gasteiger partial charge on any atom is -0.311 e. The number of anilines is 6. The lowest BCUT2D eigenvalue weighted by Gasteiger charge is -2.47. The number of fused-ring (bicyclic) bond motifs is 6. The van der Waals surface area contributed by atoms with Gasteiger partial charge in [-0.25, -0.2) is 0 Å². The Balaban J connectivity index is 1.46. The van der Waals surface area contributed by atoms with Crippen molar-refractivity contribution in [3.05, 3.63) is 123 Å². The van der Waals surface area contributed by atoms with Crippen LogP contribution in [0.5, 0.6) is 0 Å². The van der Waals surface area contributed by atoms with Crippen LogP contribution in [0.25, 0.3) is 0 Å². The lowest BCUT2D eigenvalue weighted by Crippen LogP contribution is -2.62. The molecule has 0 radical (unpaired) electrons. The van der Waals surface area contributed by atoms with Crippen LogP contribution >= 0.6 is 0 Å². The predicted octanol–water partition coefficient (Wildman–Crippen LogP) is 14.6. The summed E-state index contributed by atoms with van der Waals surface area (Å²) in [4.78, 5) is 5.41. The summed E-state index contributed by atoms with van der Waals surface area (Å²) in [5.41, 5.74) is 25.3. The van der Waals surface area contributed by atoms with Gasteiger partial charge in [-0.15, -0.1) is 0 Å². The number of aryl methyl sites for hydroxylation is 2. The van der Waals surface area contributed by atoms with Gasteiger partial charge in [0.2, 0.25) is 0 Å². The molecule has 0 saturated carbocycles. The first-order valence-electron chi connectivity index (χ1n) is 23.8. The molecular weight excluding hydrogens is 747 g/mol. The maximum Gasteiger partial charge on any atom is 0.252 e. The highest BCUT2D eigenvalue weighted by Crippen LogP contribution is 2.55. The summed E-state index contributed by atoms with van der Waals surface area (Å²) in [5, 5.41) is 0.